The highest BCUT2D eigenvalue weighted by atomic mass is 16.5. The zero-order valence-corrected chi connectivity index (χ0v) is 35.0. The fourth-order valence-corrected chi connectivity index (χ4v) is 8.89. The Labute approximate surface area is 341 Å². The van der Waals surface area contributed by atoms with Gasteiger partial charge in [0, 0.05) is 55.4 Å². The number of methoxy groups -OCH3 is 2. The number of aromatic nitrogens is 6. The van der Waals surface area contributed by atoms with Gasteiger partial charge < -0.3 is 28.1 Å². The molecule has 9 rings (SSSR count). The van der Waals surface area contributed by atoms with Crippen LogP contribution in [0.5, 0.6) is 11.5 Å². The van der Waals surface area contributed by atoms with Gasteiger partial charge in [-0.15, -0.1) is 0 Å². The van der Waals surface area contributed by atoms with E-state index in [1.54, 1.807) is 38.7 Å². The Morgan fingerprint density at radius 3 is 2.03 bits per heavy atom. The van der Waals surface area contributed by atoms with Crippen LogP contribution in [0.15, 0.2) is 70.5 Å². The minimum absolute atomic E-state index is 0.0362. The number of Topliss-reactive ketones (excluding diaryl/α,β-unsaturated/α-hetero) is 2. The molecular weight excluding hydrogens is 753 g/mol. The Balaban J connectivity index is 0.000000165. The largest absolute Gasteiger partial charge is 0.494 e. The number of carbonyl (C=O) groups is 2. The molecule has 0 spiro atoms. The first-order chi connectivity index (χ1) is 28.0. The molecule has 0 aliphatic carbocycles. The maximum atomic E-state index is 12.7. The molecule has 59 heavy (non-hydrogen) atoms. The third-order valence-corrected chi connectivity index (χ3v) is 11.8. The lowest BCUT2D eigenvalue weighted by Crippen LogP contribution is -2.38. The topological polar surface area (TPSA) is 151 Å². The Bertz CT molecular complexity index is 2780. The molecule has 0 bridgehead atoms. The molecule has 3 aliphatic heterocycles. The second-order valence-electron chi connectivity index (χ2n) is 17.1. The van der Waals surface area contributed by atoms with E-state index in [9.17, 15) is 19.2 Å². The Kier molecular flexibility index (Phi) is 9.99. The van der Waals surface area contributed by atoms with Crippen LogP contribution in [0.25, 0.3) is 44.6 Å². The Hall–Kier alpha value is -5.86. The smallest absolute Gasteiger partial charge is 0.193 e. The predicted molar refractivity (Wildman–Crippen MR) is 224 cm³/mol. The molecular formula is C45H50N6O8. The van der Waals surface area contributed by atoms with Crippen LogP contribution in [0.1, 0.15) is 93.7 Å². The van der Waals surface area contributed by atoms with Gasteiger partial charge in [0.25, 0.3) is 0 Å². The average molecular weight is 803 g/mol. The maximum Gasteiger partial charge on any atom is 0.193 e. The van der Waals surface area contributed by atoms with Crippen LogP contribution in [0.3, 0.4) is 0 Å². The van der Waals surface area contributed by atoms with Gasteiger partial charge in [-0.05, 0) is 45.2 Å². The number of ketones is 2. The van der Waals surface area contributed by atoms with Crippen molar-refractivity contribution in [2.24, 2.45) is 5.41 Å². The second-order valence-corrected chi connectivity index (χ2v) is 17.1. The van der Waals surface area contributed by atoms with Crippen molar-refractivity contribution < 1.29 is 28.5 Å². The fraction of sp³-hybridized carbons (Fsp3) is 0.422. The van der Waals surface area contributed by atoms with Crippen LogP contribution in [-0.4, -0.2) is 79.9 Å². The molecule has 2 unspecified atom stereocenters. The molecule has 0 saturated carbocycles. The highest BCUT2D eigenvalue weighted by molar-refractivity contribution is 5.99. The van der Waals surface area contributed by atoms with Crippen LogP contribution in [0.4, 0.5) is 0 Å². The standard InChI is InChI=1S/C24H29N3O4.C21H21N3O4/c1-15(28)17-13-26-18(12-19(17)29)23-16-8-6-9-20(31-11-7-10-30-5)22(16)25-27(23)14-21(26)24(2,3)4;1-11(25)13-9-23-14(8-16(13)26)19-12-6-5-7-17(27-4)18(12)22-24(19)15-10-28-21(2,3)20(15)23/h6,8-9,12-13,21H,7,10-11,14H2,1-5H3;5-9,15,20H,10H2,1-4H3/t21-;/m0./s1. The number of nitrogens with zero attached hydrogens (tertiary/aromatic N) is 6. The fourth-order valence-electron chi connectivity index (χ4n) is 8.89. The zero-order chi connectivity index (χ0) is 42.1. The third kappa shape index (κ3) is 6.67. The van der Waals surface area contributed by atoms with Gasteiger partial charge in [0.15, 0.2) is 22.4 Å². The van der Waals surface area contributed by atoms with Crippen molar-refractivity contribution in [2.45, 2.75) is 85.2 Å². The van der Waals surface area contributed by atoms with E-state index in [0.717, 1.165) is 56.8 Å². The lowest BCUT2D eigenvalue weighted by atomic mass is 9.84. The van der Waals surface area contributed by atoms with E-state index in [2.05, 4.69) is 25.3 Å². The van der Waals surface area contributed by atoms with E-state index in [-0.39, 0.29) is 57.1 Å². The van der Waals surface area contributed by atoms with Crippen LogP contribution < -0.4 is 20.3 Å². The van der Waals surface area contributed by atoms with Gasteiger partial charge in [-0.1, -0.05) is 45.0 Å². The van der Waals surface area contributed by atoms with Crippen molar-refractivity contribution in [3.63, 3.8) is 0 Å². The van der Waals surface area contributed by atoms with E-state index in [4.69, 9.17) is 29.1 Å². The zero-order valence-electron chi connectivity index (χ0n) is 35.0. The lowest BCUT2D eigenvalue weighted by Gasteiger charge is -2.38. The van der Waals surface area contributed by atoms with Gasteiger partial charge in [-0.3, -0.25) is 28.5 Å². The normalized spacial score (nSPS) is 18.6. The number of hydrogen-bond acceptors (Lipinski definition) is 10. The molecule has 14 heteroatoms. The quantitative estimate of drug-likeness (QED) is 0.116. The Morgan fingerprint density at radius 1 is 0.831 bits per heavy atom. The van der Waals surface area contributed by atoms with Crippen molar-refractivity contribution in [1.29, 1.82) is 0 Å². The summed E-state index contributed by atoms with van der Waals surface area (Å²) < 4.78 is 30.8. The van der Waals surface area contributed by atoms with Crippen LogP contribution in [-0.2, 0) is 16.0 Å². The lowest BCUT2D eigenvalue weighted by molar-refractivity contribution is 0.0145. The summed E-state index contributed by atoms with van der Waals surface area (Å²) in [4.78, 5) is 49.5. The van der Waals surface area contributed by atoms with E-state index < -0.39 is 5.60 Å². The summed E-state index contributed by atoms with van der Waals surface area (Å²) in [6, 6.07) is 14.7. The first-order valence-corrected chi connectivity index (χ1v) is 19.9. The number of rotatable bonds is 8. The highest BCUT2D eigenvalue weighted by Crippen LogP contribution is 2.51. The molecule has 6 aromatic rings. The molecule has 308 valence electrons. The van der Waals surface area contributed by atoms with E-state index >= 15 is 0 Å². The van der Waals surface area contributed by atoms with Crippen molar-refractivity contribution >= 4 is 33.4 Å². The molecule has 4 aromatic heterocycles. The summed E-state index contributed by atoms with van der Waals surface area (Å²) in [7, 11) is 3.29. The molecule has 1 fully saturated rings. The van der Waals surface area contributed by atoms with Gasteiger partial charge in [0.2, 0.25) is 0 Å². The van der Waals surface area contributed by atoms with E-state index in [1.807, 2.05) is 64.2 Å². The van der Waals surface area contributed by atoms with Gasteiger partial charge in [-0.2, -0.15) is 10.2 Å². The van der Waals surface area contributed by atoms with Crippen LogP contribution >= 0.6 is 0 Å². The predicted octanol–water partition coefficient (Wildman–Crippen LogP) is 7.06. The van der Waals surface area contributed by atoms with E-state index in [0.29, 0.717) is 32.1 Å². The maximum absolute atomic E-state index is 12.7. The van der Waals surface area contributed by atoms with Crippen molar-refractivity contribution in [2.75, 3.05) is 34.0 Å². The number of pyridine rings is 2. The van der Waals surface area contributed by atoms with Crippen molar-refractivity contribution in [1.82, 2.24) is 28.7 Å². The minimum Gasteiger partial charge on any atom is -0.494 e. The summed E-state index contributed by atoms with van der Waals surface area (Å²) >= 11 is 0. The molecule has 2 aromatic carbocycles. The van der Waals surface area contributed by atoms with Crippen molar-refractivity contribution in [3.8, 4) is 34.3 Å². The first kappa shape index (κ1) is 39.9. The molecule has 0 N–H and O–H groups in total. The Morgan fingerprint density at radius 2 is 1.42 bits per heavy atom. The molecule has 3 aliphatic rings. The summed E-state index contributed by atoms with van der Waals surface area (Å²) in [6.07, 6.45) is 4.21. The monoisotopic (exact) mass is 802 g/mol. The van der Waals surface area contributed by atoms with Gasteiger partial charge in [0.1, 0.15) is 22.5 Å². The molecule has 3 atom stereocenters. The first-order valence-electron chi connectivity index (χ1n) is 19.9. The van der Waals surface area contributed by atoms with Gasteiger partial charge >= 0.3 is 0 Å². The summed E-state index contributed by atoms with van der Waals surface area (Å²) in [5.41, 5.74) is 4.07. The number of hydrogen-bond donors (Lipinski definition) is 0. The van der Waals surface area contributed by atoms with Crippen LogP contribution in [0, 0.1) is 5.41 Å². The summed E-state index contributed by atoms with van der Waals surface area (Å²) in [5, 5.41) is 11.6. The summed E-state index contributed by atoms with van der Waals surface area (Å²) in [5.74, 6) is 0.947. The number of carbonyl (C=O) groups excluding carboxylic acids is 2. The number of ether oxygens (including phenoxy) is 4. The number of fused-ring (bicyclic) bond motifs is 13. The third-order valence-electron chi connectivity index (χ3n) is 11.8. The van der Waals surface area contributed by atoms with Gasteiger partial charge in [-0.25, -0.2) is 0 Å². The average Bonchev–Trinajstić information content (AvgIpc) is 3.87. The van der Waals surface area contributed by atoms with E-state index in [1.165, 1.54) is 13.8 Å². The molecule has 0 amide bonds. The second kappa shape index (κ2) is 14.8. The molecule has 7 heterocycles. The minimum atomic E-state index is -0.470. The summed E-state index contributed by atoms with van der Waals surface area (Å²) in [6.45, 7) is 15.7. The van der Waals surface area contributed by atoms with Crippen molar-refractivity contribution in [3.05, 3.63) is 92.5 Å². The number of benzene rings is 2. The SMILES string of the molecule is COCCCOc1cccc2c3n(nc12)C[C@@H](C(C)(C)C)n1cc(C(C)=O)c(=O)cc1-3.COc1cccc2c3n(nc12)C1COC(C)(C)C1n1cc(C(C)=O)c(=O)cc1-3. The molecule has 1 saturated heterocycles. The molecule has 14 nitrogen and oxygen atoms in total. The van der Waals surface area contributed by atoms with Crippen LogP contribution in [0.2, 0.25) is 0 Å². The highest BCUT2D eigenvalue weighted by Gasteiger charge is 2.50. The molecule has 0 radical (unpaired) electrons. The van der Waals surface area contributed by atoms with Gasteiger partial charge in [0.05, 0.1) is 84.5 Å².